The molecule has 1 aliphatic heterocycles. The first kappa shape index (κ1) is 10.2. The van der Waals surface area contributed by atoms with E-state index >= 15 is 0 Å². The van der Waals surface area contributed by atoms with Crippen molar-refractivity contribution < 1.29 is 9.84 Å². The fourth-order valence-corrected chi connectivity index (χ4v) is 1.06. The minimum atomic E-state index is -0.267. The third kappa shape index (κ3) is 2.42. The number of rotatable bonds is 1. The second-order valence-electron chi connectivity index (χ2n) is 2.33. The van der Waals surface area contributed by atoms with Crippen molar-refractivity contribution in [1.82, 2.24) is 5.32 Å². The summed E-state index contributed by atoms with van der Waals surface area (Å²) < 4.78 is 4.99. The molecule has 3 nitrogen and oxygen atoms in total. The molecule has 0 aromatic rings. The molecule has 2 N–H and O–H groups in total. The van der Waals surface area contributed by atoms with E-state index in [1.54, 1.807) is 7.11 Å². The van der Waals surface area contributed by atoms with Crippen LogP contribution in [0.5, 0.6) is 0 Å². The largest absolute Gasteiger partial charge is 0.390 e. The van der Waals surface area contributed by atoms with Crippen molar-refractivity contribution in [2.75, 3.05) is 20.2 Å². The van der Waals surface area contributed by atoms with Crippen molar-refractivity contribution in [2.45, 2.75) is 18.6 Å². The molecule has 0 aromatic carbocycles. The first-order chi connectivity index (χ1) is 4.34. The molecule has 0 amide bonds. The number of halogens is 1. The van der Waals surface area contributed by atoms with Gasteiger partial charge in [-0.2, -0.15) is 0 Å². The molecule has 62 valence electrons. The lowest BCUT2D eigenvalue weighted by atomic mass is 10.1. The Morgan fingerprint density at radius 2 is 2.30 bits per heavy atom. The highest BCUT2D eigenvalue weighted by Crippen LogP contribution is 2.05. The van der Waals surface area contributed by atoms with Crippen molar-refractivity contribution in [3.63, 3.8) is 0 Å². The predicted molar refractivity (Wildman–Crippen MR) is 41.5 cm³/mol. The lowest BCUT2D eigenvalue weighted by Crippen LogP contribution is -2.44. The normalized spacial score (nSPS) is 33.0. The molecule has 1 fully saturated rings. The van der Waals surface area contributed by atoms with Gasteiger partial charge in [-0.25, -0.2) is 0 Å². The zero-order valence-corrected chi connectivity index (χ0v) is 6.86. The molecule has 4 heteroatoms. The Kier molecular flexibility index (Phi) is 4.99. The zero-order valence-electron chi connectivity index (χ0n) is 6.04. The van der Waals surface area contributed by atoms with Crippen molar-refractivity contribution in [3.8, 4) is 0 Å². The Morgan fingerprint density at radius 1 is 1.60 bits per heavy atom. The molecule has 10 heavy (non-hydrogen) atoms. The van der Waals surface area contributed by atoms with Crippen LogP contribution in [0.25, 0.3) is 0 Å². The van der Waals surface area contributed by atoms with Crippen LogP contribution in [0.1, 0.15) is 6.42 Å². The summed E-state index contributed by atoms with van der Waals surface area (Å²) in [5.41, 5.74) is 0. The fraction of sp³-hybridized carbons (Fsp3) is 1.00. The van der Waals surface area contributed by atoms with Gasteiger partial charge in [-0.05, 0) is 13.0 Å². The first-order valence-corrected chi connectivity index (χ1v) is 3.26. The van der Waals surface area contributed by atoms with Crippen molar-refractivity contribution in [2.24, 2.45) is 0 Å². The van der Waals surface area contributed by atoms with Gasteiger partial charge in [0.25, 0.3) is 0 Å². The summed E-state index contributed by atoms with van der Waals surface area (Å²) in [4.78, 5) is 0. The summed E-state index contributed by atoms with van der Waals surface area (Å²) in [6.45, 7) is 1.68. The van der Waals surface area contributed by atoms with Crippen LogP contribution in [0.2, 0.25) is 0 Å². The van der Waals surface area contributed by atoms with E-state index in [4.69, 9.17) is 4.74 Å². The third-order valence-electron chi connectivity index (χ3n) is 1.69. The highest BCUT2D eigenvalue weighted by atomic mass is 35.5. The van der Waals surface area contributed by atoms with Gasteiger partial charge >= 0.3 is 0 Å². The van der Waals surface area contributed by atoms with Crippen molar-refractivity contribution in [1.29, 1.82) is 0 Å². The lowest BCUT2D eigenvalue weighted by molar-refractivity contribution is -0.0273. The molecule has 1 rings (SSSR count). The number of hydrogen-bond acceptors (Lipinski definition) is 3. The summed E-state index contributed by atoms with van der Waals surface area (Å²) in [6, 6.07) is 0. The Morgan fingerprint density at radius 3 is 2.70 bits per heavy atom. The summed E-state index contributed by atoms with van der Waals surface area (Å²) in [7, 11) is 1.63. The number of piperidine rings is 1. The van der Waals surface area contributed by atoms with Crippen molar-refractivity contribution >= 4 is 12.4 Å². The topological polar surface area (TPSA) is 41.5 Å². The van der Waals surface area contributed by atoms with E-state index in [9.17, 15) is 5.11 Å². The Balaban J connectivity index is 0.000000810. The van der Waals surface area contributed by atoms with E-state index < -0.39 is 0 Å². The number of aliphatic hydroxyl groups excluding tert-OH is 1. The van der Waals surface area contributed by atoms with Gasteiger partial charge in [-0.3, -0.25) is 0 Å². The fourth-order valence-electron chi connectivity index (χ4n) is 1.06. The predicted octanol–water partition coefficient (Wildman–Crippen LogP) is -0.223. The van der Waals surface area contributed by atoms with Gasteiger partial charge in [0, 0.05) is 13.7 Å². The second kappa shape index (κ2) is 4.91. The van der Waals surface area contributed by atoms with E-state index in [1.165, 1.54) is 0 Å². The van der Waals surface area contributed by atoms with Gasteiger partial charge in [-0.1, -0.05) is 0 Å². The average molecular weight is 168 g/mol. The molecular weight excluding hydrogens is 154 g/mol. The minimum absolute atomic E-state index is 0. The highest BCUT2D eigenvalue weighted by molar-refractivity contribution is 5.85. The Hall–Kier alpha value is 0.170. The van der Waals surface area contributed by atoms with Crippen LogP contribution < -0.4 is 5.32 Å². The third-order valence-corrected chi connectivity index (χ3v) is 1.69. The van der Waals surface area contributed by atoms with E-state index in [2.05, 4.69) is 5.32 Å². The van der Waals surface area contributed by atoms with E-state index in [1.807, 2.05) is 0 Å². The Labute approximate surface area is 67.2 Å². The van der Waals surface area contributed by atoms with Crippen LogP contribution in [0.15, 0.2) is 0 Å². The zero-order chi connectivity index (χ0) is 6.69. The molecule has 1 aliphatic rings. The quantitative estimate of drug-likeness (QED) is 0.568. The molecule has 0 spiro atoms. The standard InChI is InChI=1S/C6H13NO2.ClH/c1-9-6-4-7-3-2-5(6)8;/h5-8H,2-4H2,1H3;1H/t5-,6+;/m1./s1. The molecule has 0 radical (unpaired) electrons. The maximum atomic E-state index is 9.20. The maximum Gasteiger partial charge on any atom is 0.0954 e. The summed E-state index contributed by atoms with van der Waals surface area (Å²) in [5.74, 6) is 0. The van der Waals surface area contributed by atoms with Gasteiger partial charge in [0.05, 0.1) is 12.2 Å². The SMILES string of the molecule is CO[C@H]1CNCC[C@H]1O.Cl. The molecular formula is C6H14ClNO2. The van der Waals surface area contributed by atoms with Gasteiger partial charge < -0.3 is 15.2 Å². The summed E-state index contributed by atoms with van der Waals surface area (Å²) in [6.07, 6.45) is 0.536. The van der Waals surface area contributed by atoms with Crippen LogP contribution in [-0.2, 0) is 4.74 Å². The van der Waals surface area contributed by atoms with Gasteiger partial charge in [0.15, 0.2) is 0 Å². The summed E-state index contributed by atoms with van der Waals surface area (Å²) in [5, 5.41) is 12.3. The monoisotopic (exact) mass is 167 g/mol. The second-order valence-corrected chi connectivity index (χ2v) is 2.33. The van der Waals surface area contributed by atoms with E-state index in [-0.39, 0.29) is 24.6 Å². The molecule has 1 saturated heterocycles. The number of hydrogen-bond donors (Lipinski definition) is 2. The molecule has 1 heterocycles. The first-order valence-electron chi connectivity index (χ1n) is 3.26. The lowest BCUT2D eigenvalue weighted by Gasteiger charge is -2.26. The van der Waals surface area contributed by atoms with Gasteiger partial charge in [-0.15, -0.1) is 12.4 Å². The van der Waals surface area contributed by atoms with Crippen LogP contribution >= 0.6 is 12.4 Å². The van der Waals surface area contributed by atoms with E-state index in [0.717, 1.165) is 19.5 Å². The summed E-state index contributed by atoms with van der Waals surface area (Å²) >= 11 is 0. The molecule has 0 aromatic heterocycles. The van der Waals surface area contributed by atoms with Gasteiger partial charge in [0.2, 0.25) is 0 Å². The van der Waals surface area contributed by atoms with Crippen molar-refractivity contribution in [3.05, 3.63) is 0 Å². The minimum Gasteiger partial charge on any atom is -0.390 e. The highest BCUT2D eigenvalue weighted by Gasteiger charge is 2.21. The van der Waals surface area contributed by atoms with Crippen LogP contribution in [0.4, 0.5) is 0 Å². The molecule has 0 aliphatic carbocycles. The van der Waals surface area contributed by atoms with E-state index in [0.29, 0.717) is 0 Å². The molecule has 0 unspecified atom stereocenters. The number of methoxy groups -OCH3 is 1. The van der Waals surface area contributed by atoms with Crippen LogP contribution in [-0.4, -0.2) is 37.5 Å². The Bertz CT molecular complexity index is 91.8. The van der Waals surface area contributed by atoms with Crippen LogP contribution in [0, 0.1) is 0 Å². The smallest absolute Gasteiger partial charge is 0.0954 e. The molecule has 2 atom stereocenters. The maximum absolute atomic E-state index is 9.20. The number of ether oxygens (including phenoxy) is 1. The average Bonchev–Trinajstić information content (AvgIpc) is 1.89. The molecule has 0 bridgehead atoms. The van der Waals surface area contributed by atoms with Crippen LogP contribution in [0.3, 0.4) is 0 Å². The van der Waals surface area contributed by atoms with Gasteiger partial charge in [0.1, 0.15) is 0 Å². The number of aliphatic hydroxyl groups is 1. The number of nitrogens with one attached hydrogen (secondary N) is 1. The molecule has 0 saturated carbocycles.